The molecule has 4 saturated heterocycles. The largest absolute Gasteiger partial charge is 0.507 e. The van der Waals surface area contributed by atoms with E-state index in [4.69, 9.17) is 15.7 Å². The normalized spacial score (nSPS) is 24.2. The van der Waals surface area contributed by atoms with Gasteiger partial charge in [-0.05, 0) is 111 Å². The molecule has 5 fully saturated rings. The van der Waals surface area contributed by atoms with Gasteiger partial charge in [0.2, 0.25) is 23.7 Å². The number of benzene rings is 2. The van der Waals surface area contributed by atoms with E-state index in [9.17, 15) is 24.6 Å². The number of nitrogens with zero attached hydrogens (tertiary/aromatic N) is 9. The van der Waals surface area contributed by atoms with Gasteiger partial charge in [-0.15, -0.1) is 21.5 Å². The molecule has 5 aliphatic rings. The van der Waals surface area contributed by atoms with Crippen LogP contribution in [0.25, 0.3) is 21.7 Å². The molecule has 17 nitrogen and oxygen atoms in total. The molecule has 10 rings (SSSR count). The first kappa shape index (κ1) is 48.4. The molecule has 1 saturated carbocycles. The van der Waals surface area contributed by atoms with Crippen molar-refractivity contribution in [1.29, 1.82) is 0 Å². The standard InChI is InChI=1S/C53H66N12O5S/c1-31-47(71-30-58-31)35-11-9-32(10-12-35)24-55-50(69)44-22-40(66)29-64(44)51(70)48(53(2,3)4)59-46(68)21-33-19-39(20-33)62-17-15-34(16-18-62)36-25-56-52(57-26-36)65-37-13-14-38(65)28-63(27-37)43-23-42(60-61-49(43)54)41-7-5-6-8-45(41)67/h5-12,23,25-26,30,33-34,37-40,44,48,66-67H,13-22,24,27-29H2,1-4H3,(H2,54,61)(H,55,69)(H,59,68)/t33-,37?,38?,39-,40-,44+,48-/m1/s1. The first-order valence-electron chi connectivity index (χ1n) is 25.2. The van der Waals surface area contributed by atoms with Crippen molar-refractivity contribution in [1.82, 2.24) is 45.6 Å². The SMILES string of the molecule is Cc1ncsc1-c1ccc(CNC(=O)[C@@H]2C[C@@H](O)CN2C(=O)[C@@H](NC(=O)C[C@H]2C[C@H](N3CCC(c4cnc(N5C6CCC5CN(c5cc(-c7ccccc7O)nnc5N)C6)nc4)CC3)C2)C(C)(C)C)cc1. The fourth-order valence-electron chi connectivity index (χ4n) is 11.6. The molecule has 2 aromatic carbocycles. The number of fused-ring (bicyclic) bond motifs is 2. The van der Waals surface area contributed by atoms with Crippen LogP contribution in [0.5, 0.6) is 5.75 Å². The van der Waals surface area contributed by atoms with Crippen molar-refractivity contribution in [2.75, 3.05) is 48.3 Å². The number of hydrogen-bond donors (Lipinski definition) is 5. The number of carbonyl (C=O) groups is 3. The van der Waals surface area contributed by atoms with Crippen molar-refractivity contribution in [3.63, 3.8) is 0 Å². The van der Waals surface area contributed by atoms with Crippen LogP contribution in [-0.4, -0.2) is 132 Å². The van der Waals surface area contributed by atoms with Gasteiger partial charge >= 0.3 is 0 Å². The van der Waals surface area contributed by atoms with E-state index in [2.05, 4.69) is 40.5 Å². The number of hydrogen-bond acceptors (Lipinski definition) is 15. The second-order valence-electron chi connectivity index (χ2n) is 21.5. The number of thiazole rings is 1. The highest BCUT2D eigenvalue weighted by molar-refractivity contribution is 7.13. The monoisotopic (exact) mass is 982 g/mol. The van der Waals surface area contributed by atoms with Crippen molar-refractivity contribution < 1.29 is 24.6 Å². The zero-order valence-electron chi connectivity index (χ0n) is 41.1. The number of aliphatic hydroxyl groups is 1. The molecule has 3 aromatic heterocycles. The maximum atomic E-state index is 14.2. The van der Waals surface area contributed by atoms with Crippen LogP contribution in [0.3, 0.4) is 0 Å². The number of piperidine rings is 1. The summed E-state index contributed by atoms with van der Waals surface area (Å²) >= 11 is 1.59. The van der Waals surface area contributed by atoms with E-state index >= 15 is 0 Å². The molecule has 5 atom stereocenters. The van der Waals surface area contributed by atoms with Crippen molar-refractivity contribution in [2.45, 2.75) is 128 Å². The Bertz CT molecular complexity index is 2700. The Hall–Kier alpha value is -6.24. The highest BCUT2D eigenvalue weighted by Crippen LogP contribution is 2.41. The summed E-state index contributed by atoms with van der Waals surface area (Å²) in [6.07, 6.45) is 9.72. The number of rotatable bonds is 13. The number of nitrogens with one attached hydrogen (secondary N) is 2. The van der Waals surface area contributed by atoms with Gasteiger partial charge in [-0.3, -0.25) is 14.4 Å². The molecule has 6 N–H and O–H groups in total. The summed E-state index contributed by atoms with van der Waals surface area (Å²) in [6.45, 7) is 11.5. The zero-order chi connectivity index (χ0) is 49.6. The molecule has 0 radical (unpaired) electrons. The lowest BCUT2D eigenvalue weighted by Gasteiger charge is -2.46. The highest BCUT2D eigenvalue weighted by atomic mass is 32.1. The zero-order valence-corrected chi connectivity index (χ0v) is 41.9. The van der Waals surface area contributed by atoms with Crippen molar-refractivity contribution in [2.24, 2.45) is 11.3 Å². The predicted molar refractivity (Wildman–Crippen MR) is 273 cm³/mol. The number of carbonyl (C=O) groups excluding carboxylic acids is 3. The number of amides is 3. The van der Waals surface area contributed by atoms with Crippen LogP contribution in [0.4, 0.5) is 17.5 Å². The lowest BCUT2D eigenvalue weighted by Crippen LogP contribution is -2.58. The van der Waals surface area contributed by atoms with Gasteiger partial charge in [0.25, 0.3) is 0 Å². The average Bonchev–Trinajstić information content (AvgIpc) is 4.04. The lowest BCUT2D eigenvalue weighted by molar-refractivity contribution is -0.144. The maximum absolute atomic E-state index is 14.2. The van der Waals surface area contributed by atoms with Crippen molar-refractivity contribution >= 4 is 46.5 Å². The van der Waals surface area contributed by atoms with E-state index in [0.717, 1.165) is 98.0 Å². The fourth-order valence-corrected chi connectivity index (χ4v) is 12.4. The van der Waals surface area contributed by atoms with Gasteiger partial charge in [0.05, 0.1) is 33.6 Å². The Balaban J connectivity index is 0.673. The maximum Gasteiger partial charge on any atom is 0.246 e. The summed E-state index contributed by atoms with van der Waals surface area (Å²) in [4.78, 5) is 65.4. The van der Waals surface area contributed by atoms with E-state index in [1.807, 2.05) is 88.1 Å². The Kier molecular flexibility index (Phi) is 13.7. The minimum absolute atomic E-state index is 0.0364. The van der Waals surface area contributed by atoms with Gasteiger partial charge in [0.1, 0.15) is 17.8 Å². The summed E-state index contributed by atoms with van der Waals surface area (Å²) in [6, 6.07) is 16.2. The third-order valence-electron chi connectivity index (χ3n) is 15.6. The first-order chi connectivity index (χ1) is 34.2. The van der Waals surface area contributed by atoms with Gasteiger partial charge in [-0.1, -0.05) is 57.2 Å². The number of piperazine rings is 1. The predicted octanol–water partition coefficient (Wildman–Crippen LogP) is 5.67. The van der Waals surface area contributed by atoms with Gasteiger partial charge in [-0.25, -0.2) is 15.0 Å². The molecule has 0 spiro atoms. The molecule has 4 aliphatic heterocycles. The van der Waals surface area contributed by atoms with Gasteiger partial charge in [0, 0.05) is 75.1 Å². The highest BCUT2D eigenvalue weighted by Gasteiger charge is 2.46. The van der Waals surface area contributed by atoms with E-state index in [1.165, 1.54) is 10.5 Å². The number of para-hydroxylation sites is 1. The van der Waals surface area contributed by atoms with Gasteiger partial charge in [-0.2, -0.15) is 0 Å². The van der Waals surface area contributed by atoms with Crippen molar-refractivity contribution in [3.8, 4) is 27.4 Å². The number of likely N-dealkylation sites (tertiary alicyclic amines) is 2. The molecule has 374 valence electrons. The number of aromatic nitrogens is 5. The summed E-state index contributed by atoms with van der Waals surface area (Å²) in [5.41, 5.74) is 13.8. The second-order valence-corrected chi connectivity index (χ2v) is 22.3. The molecule has 7 heterocycles. The Morgan fingerprint density at radius 3 is 2.25 bits per heavy atom. The third-order valence-corrected chi connectivity index (χ3v) is 16.6. The molecule has 71 heavy (non-hydrogen) atoms. The van der Waals surface area contributed by atoms with Crippen LogP contribution >= 0.6 is 11.3 Å². The average molecular weight is 983 g/mol. The summed E-state index contributed by atoms with van der Waals surface area (Å²) < 4.78 is 0. The number of aromatic hydroxyl groups is 1. The molecular weight excluding hydrogens is 917 g/mol. The Morgan fingerprint density at radius 2 is 1.59 bits per heavy atom. The van der Waals surface area contributed by atoms with Crippen LogP contribution in [0.15, 0.2) is 72.5 Å². The van der Waals surface area contributed by atoms with Crippen molar-refractivity contribution in [3.05, 3.63) is 89.3 Å². The number of aliphatic hydroxyl groups excluding tert-OH is 1. The molecule has 18 heteroatoms. The number of anilines is 3. The minimum Gasteiger partial charge on any atom is -0.507 e. The second kappa shape index (κ2) is 20.1. The van der Waals surface area contributed by atoms with E-state index < -0.39 is 23.6 Å². The summed E-state index contributed by atoms with van der Waals surface area (Å²) in [7, 11) is 0. The fraction of sp³-hybridized carbons (Fsp3) is 0.509. The van der Waals surface area contributed by atoms with Gasteiger partial charge < -0.3 is 46.2 Å². The van der Waals surface area contributed by atoms with Crippen LogP contribution in [0.2, 0.25) is 0 Å². The smallest absolute Gasteiger partial charge is 0.246 e. The van der Waals surface area contributed by atoms with Crippen LogP contribution in [0.1, 0.15) is 94.9 Å². The summed E-state index contributed by atoms with van der Waals surface area (Å²) in [5, 5.41) is 35.7. The number of nitrogen functional groups attached to an aromatic ring is 1. The number of phenols is 1. The first-order valence-corrected chi connectivity index (χ1v) is 26.1. The molecule has 1 aliphatic carbocycles. The molecule has 5 aromatic rings. The van der Waals surface area contributed by atoms with Gasteiger partial charge in [0.15, 0.2) is 5.82 Å². The van der Waals surface area contributed by atoms with E-state index in [0.29, 0.717) is 35.5 Å². The molecule has 3 amide bonds. The number of aryl methyl sites for hydroxylation is 1. The topological polar surface area (TPSA) is 219 Å². The van der Waals surface area contributed by atoms with Crippen LogP contribution in [0, 0.1) is 18.3 Å². The number of phenolic OH excluding ortho intramolecular Hbond substituents is 1. The molecule has 2 bridgehead atoms. The van der Waals surface area contributed by atoms with E-state index in [1.54, 1.807) is 23.5 Å². The molecule has 2 unspecified atom stereocenters. The lowest BCUT2D eigenvalue weighted by atomic mass is 9.76. The number of β-amino-alcohol motifs (C(OH)–C–C–N with tert-alkyl or cyclic N) is 1. The summed E-state index contributed by atoms with van der Waals surface area (Å²) in [5.74, 6) is 1.09. The number of nitrogens with two attached hydrogens (primary N) is 1. The van der Waals surface area contributed by atoms with E-state index in [-0.39, 0.29) is 61.0 Å². The quantitative estimate of drug-likeness (QED) is 0.0961. The van der Waals surface area contributed by atoms with Crippen LogP contribution in [-0.2, 0) is 20.9 Å². The third kappa shape index (κ3) is 10.3. The Labute approximate surface area is 419 Å². The Morgan fingerprint density at radius 1 is 0.887 bits per heavy atom. The minimum atomic E-state index is -0.853. The molecular formula is C53H66N12O5S. The van der Waals surface area contributed by atoms with Crippen LogP contribution < -0.4 is 26.2 Å².